The van der Waals surface area contributed by atoms with Crippen LogP contribution >= 0.6 is 0 Å². The Kier molecular flexibility index (Phi) is 6.23. The van der Waals surface area contributed by atoms with Gasteiger partial charge in [0.2, 0.25) is 0 Å². The van der Waals surface area contributed by atoms with Crippen LogP contribution in [-0.2, 0) is 6.54 Å². The molecule has 4 heteroatoms. The summed E-state index contributed by atoms with van der Waals surface area (Å²) >= 11 is 0. The van der Waals surface area contributed by atoms with E-state index in [1.54, 1.807) is 14.2 Å². The lowest BCUT2D eigenvalue weighted by Crippen LogP contribution is -2.22. The molecule has 138 valence electrons. The predicted octanol–water partition coefficient (Wildman–Crippen LogP) is 3.93. The van der Waals surface area contributed by atoms with Gasteiger partial charge in [-0.1, -0.05) is 54.6 Å². The van der Waals surface area contributed by atoms with Crippen molar-refractivity contribution >= 4 is 5.91 Å². The molecule has 0 saturated carbocycles. The molecule has 2 N–H and O–H groups in total. The standard InChI is InChI=1S/C23H24N2O2/c1-24-23(26)20-10-8-17(9-11-20)16-25-22(18-6-4-3-5-7-18)19-12-14-21(27-2)15-13-19/h3-15,22,25H,16H2,1-2H3,(H,24,26)/t22-/m1/s1. The normalized spacial score (nSPS) is 11.6. The average Bonchev–Trinajstić information content (AvgIpc) is 2.75. The lowest BCUT2D eigenvalue weighted by Gasteiger charge is -2.20. The summed E-state index contributed by atoms with van der Waals surface area (Å²) in [6.45, 7) is 0.694. The van der Waals surface area contributed by atoms with E-state index in [-0.39, 0.29) is 11.9 Å². The highest BCUT2D eigenvalue weighted by molar-refractivity contribution is 5.93. The molecule has 0 unspecified atom stereocenters. The number of carbonyl (C=O) groups excluding carboxylic acids is 1. The molecule has 0 aliphatic heterocycles. The topological polar surface area (TPSA) is 50.4 Å². The van der Waals surface area contributed by atoms with Crippen molar-refractivity contribution in [2.24, 2.45) is 0 Å². The van der Waals surface area contributed by atoms with Crippen LogP contribution in [0.15, 0.2) is 78.9 Å². The quantitative estimate of drug-likeness (QED) is 0.671. The van der Waals surface area contributed by atoms with Crippen LogP contribution in [0.5, 0.6) is 5.75 Å². The Bertz CT molecular complexity index is 859. The number of ether oxygens (including phenoxy) is 1. The van der Waals surface area contributed by atoms with E-state index in [1.807, 2.05) is 54.6 Å². The highest BCUT2D eigenvalue weighted by Crippen LogP contribution is 2.24. The number of amides is 1. The summed E-state index contributed by atoms with van der Waals surface area (Å²) in [4.78, 5) is 11.7. The summed E-state index contributed by atoms with van der Waals surface area (Å²) in [5.74, 6) is 0.769. The Morgan fingerprint density at radius 2 is 1.52 bits per heavy atom. The maximum atomic E-state index is 11.7. The first kappa shape index (κ1) is 18.7. The first-order valence-electron chi connectivity index (χ1n) is 8.94. The van der Waals surface area contributed by atoms with Crippen LogP contribution in [0.1, 0.15) is 33.1 Å². The van der Waals surface area contributed by atoms with E-state index in [1.165, 1.54) is 11.1 Å². The van der Waals surface area contributed by atoms with E-state index >= 15 is 0 Å². The SMILES string of the molecule is CNC(=O)c1ccc(CN[C@H](c2ccccc2)c2ccc(OC)cc2)cc1. The minimum absolute atomic E-state index is 0.0655. The maximum absolute atomic E-state index is 11.7. The van der Waals surface area contributed by atoms with Gasteiger partial charge in [0.15, 0.2) is 0 Å². The molecule has 3 aromatic rings. The van der Waals surface area contributed by atoms with Gasteiger partial charge >= 0.3 is 0 Å². The average molecular weight is 360 g/mol. The van der Waals surface area contributed by atoms with Crippen LogP contribution in [0.25, 0.3) is 0 Å². The molecule has 0 fully saturated rings. The minimum atomic E-state index is -0.0742. The Hall–Kier alpha value is -3.11. The third-order valence-corrected chi connectivity index (χ3v) is 4.54. The van der Waals surface area contributed by atoms with E-state index < -0.39 is 0 Å². The molecule has 0 heterocycles. The third kappa shape index (κ3) is 4.74. The van der Waals surface area contributed by atoms with Gasteiger partial charge in [0, 0.05) is 19.2 Å². The molecular weight excluding hydrogens is 336 g/mol. The number of hydrogen-bond acceptors (Lipinski definition) is 3. The molecule has 0 aromatic heterocycles. The van der Waals surface area contributed by atoms with Crippen molar-refractivity contribution in [2.45, 2.75) is 12.6 Å². The van der Waals surface area contributed by atoms with E-state index in [4.69, 9.17) is 4.74 Å². The summed E-state index contributed by atoms with van der Waals surface area (Å²) in [6, 6.07) is 26.2. The minimum Gasteiger partial charge on any atom is -0.497 e. The van der Waals surface area contributed by atoms with Gasteiger partial charge in [-0.15, -0.1) is 0 Å². The van der Waals surface area contributed by atoms with Gasteiger partial charge in [-0.05, 0) is 41.0 Å². The fourth-order valence-corrected chi connectivity index (χ4v) is 3.01. The van der Waals surface area contributed by atoms with Crippen molar-refractivity contribution in [2.75, 3.05) is 14.2 Å². The van der Waals surface area contributed by atoms with E-state index in [2.05, 4.69) is 34.9 Å². The van der Waals surface area contributed by atoms with Crippen molar-refractivity contribution in [3.8, 4) is 5.75 Å². The zero-order valence-electron chi connectivity index (χ0n) is 15.6. The van der Waals surface area contributed by atoms with Crippen LogP contribution in [0.2, 0.25) is 0 Å². The van der Waals surface area contributed by atoms with Gasteiger partial charge in [-0.2, -0.15) is 0 Å². The summed E-state index contributed by atoms with van der Waals surface area (Å²) < 4.78 is 5.27. The summed E-state index contributed by atoms with van der Waals surface area (Å²) in [5.41, 5.74) is 4.15. The van der Waals surface area contributed by atoms with Crippen molar-refractivity contribution in [3.05, 3.63) is 101 Å². The lowest BCUT2D eigenvalue weighted by molar-refractivity contribution is 0.0963. The fraction of sp³-hybridized carbons (Fsp3) is 0.174. The lowest BCUT2D eigenvalue weighted by atomic mass is 9.98. The molecule has 0 saturated heterocycles. The zero-order chi connectivity index (χ0) is 19.1. The summed E-state index contributed by atoms with van der Waals surface area (Å²) in [6.07, 6.45) is 0. The number of benzene rings is 3. The van der Waals surface area contributed by atoms with Gasteiger partial charge < -0.3 is 15.4 Å². The summed E-state index contributed by atoms with van der Waals surface area (Å²) in [5, 5.41) is 6.27. The fourth-order valence-electron chi connectivity index (χ4n) is 3.01. The molecule has 0 spiro atoms. The number of rotatable bonds is 7. The summed E-state index contributed by atoms with van der Waals surface area (Å²) in [7, 11) is 3.31. The number of carbonyl (C=O) groups is 1. The molecule has 0 aliphatic rings. The van der Waals surface area contributed by atoms with E-state index in [9.17, 15) is 4.79 Å². The molecule has 0 aliphatic carbocycles. The smallest absolute Gasteiger partial charge is 0.251 e. The zero-order valence-corrected chi connectivity index (χ0v) is 15.6. The highest BCUT2D eigenvalue weighted by Gasteiger charge is 2.14. The molecule has 1 amide bonds. The van der Waals surface area contributed by atoms with E-state index in [0.29, 0.717) is 12.1 Å². The number of nitrogens with one attached hydrogen (secondary N) is 2. The Morgan fingerprint density at radius 3 is 2.11 bits per heavy atom. The molecule has 1 atom stereocenters. The molecule has 0 radical (unpaired) electrons. The van der Waals surface area contributed by atoms with Crippen LogP contribution in [0.3, 0.4) is 0 Å². The Labute approximate surface area is 160 Å². The second kappa shape index (κ2) is 9.01. The second-order valence-corrected chi connectivity index (χ2v) is 6.27. The van der Waals surface area contributed by atoms with Crippen LogP contribution in [0.4, 0.5) is 0 Å². The van der Waals surface area contributed by atoms with Crippen molar-refractivity contribution in [1.82, 2.24) is 10.6 Å². The van der Waals surface area contributed by atoms with Gasteiger partial charge in [0.05, 0.1) is 13.2 Å². The monoisotopic (exact) mass is 360 g/mol. The first-order valence-corrected chi connectivity index (χ1v) is 8.94. The molecule has 0 bridgehead atoms. The number of hydrogen-bond donors (Lipinski definition) is 2. The first-order chi connectivity index (χ1) is 13.2. The molecule has 3 aromatic carbocycles. The molecule has 27 heavy (non-hydrogen) atoms. The maximum Gasteiger partial charge on any atom is 0.251 e. The van der Waals surface area contributed by atoms with Crippen LogP contribution in [-0.4, -0.2) is 20.1 Å². The third-order valence-electron chi connectivity index (χ3n) is 4.54. The molecular formula is C23H24N2O2. The number of methoxy groups -OCH3 is 1. The van der Waals surface area contributed by atoms with Crippen LogP contribution < -0.4 is 15.4 Å². The van der Waals surface area contributed by atoms with Gasteiger partial charge in [0.1, 0.15) is 5.75 Å². The van der Waals surface area contributed by atoms with Crippen molar-refractivity contribution < 1.29 is 9.53 Å². The van der Waals surface area contributed by atoms with Gasteiger partial charge in [0.25, 0.3) is 5.91 Å². The molecule has 4 nitrogen and oxygen atoms in total. The predicted molar refractivity (Wildman–Crippen MR) is 108 cm³/mol. The Balaban J connectivity index is 1.78. The largest absolute Gasteiger partial charge is 0.497 e. The van der Waals surface area contributed by atoms with E-state index in [0.717, 1.165) is 11.3 Å². The van der Waals surface area contributed by atoms with Crippen LogP contribution in [0, 0.1) is 0 Å². The highest BCUT2D eigenvalue weighted by atomic mass is 16.5. The van der Waals surface area contributed by atoms with Gasteiger partial charge in [-0.3, -0.25) is 4.79 Å². The Morgan fingerprint density at radius 1 is 0.889 bits per heavy atom. The van der Waals surface area contributed by atoms with Crippen molar-refractivity contribution in [3.63, 3.8) is 0 Å². The van der Waals surface area contributed by atoms with Gasteiger partial charge in [-0.25, -0.2) is 0 Å². The molecule has 3 rings (SSSR count). The second-order valence-electron chi connectivity index (χ2n) is 6.27. The van der Waals surface area contributed by atoms with Crippen molar-refractivity contribution in [1.29, 1.82) is 0 Å².